The molecule has 0 aromatic heterocycles. The lowest BCUT2D eigenvalue weighted by Gasteiger charge is -2.27. The number of likely N-dealkylation sites (N-methyl/N-ethyl adjacent to an activating group) is 1. The van der Waals surface area contributed by atoms with Gasteiger partial charge >= 0.3 is 0 Å². The van der Waals surface area contributed by atoms with E-state index in [1.165, 1.54) is 0 Å². The highest BCUT2D eigenvalue weighted by atomic mass is 16.5. The molecule has 0 N–H and O–H groups in total. The van der Waals surface area contributed by atoms with Gasteiger partial charge in [0.1, 0.15) is 11.8 Å². The fourth-order valence-corrected chi connectivity index (χ4v) is 1.60. The van der Waals surface area contributed by atoms with Crippen LogP contribution in [0.1, 0.15) is 26.3 Å². The molecule has 1 rings (SSSR count). The minimum absolute atomic E-state index is 0.0494. The average Bonchev–Trinajstić information content (AvgIpc) is 2.43. The van der Waals surface area contributed by atoms with Crippen molar-refractivity contribution in [3.8, 4) is 11.8 Å². The van der Waals surface area contributed by atoms with Crippen LogP contribution in [0.25, 0.3) is 0 Å². The van der Waals surface area contributed by atoms with Crippen LogP contribution in [0, 0.1) is 17.2 Å². The van der Waals surface area contributed by atoms with E-state index in [-0.39, 0.29) is 18.6 Å². The fraction of sp³-hybridized carbons (Fsp3) is 0.467. The normalized spacial score (nSPS) is 11.8. The Hall–Kier alpha value is -2.02. The van der Waals surface area contributed by atoms with Crippen molar-refractivity contribution in [2.45, 2.75) is 26.8 Å². The van der Waals surface area contributed by atoms with Crippen molar-refractivity contribution in [1.82, 2.24) is 4.90 Å². The molecule has 102 valence electrons. The van der Waals surface area contributed by atoms with E-state index in [0.29, 0.717) is 17.2 Å². The van der Waals surface area contributed by atoms with E-state index in [1.807, 2.05) is 13.0 Å². The molecule has 0 radical (unpaired) electrons. The van der Waals surface area contributed by atoms with Crippen molar-refractivity contribution in [2.24, 2.45) is 5.92 Å². The van der Waals surface area contributed by atoms with E-state index in [1.54, 1.807) is 36.2 Å². The zero-order valence-corrected chi connectivity index (χ0v) is 11.9. The highest BCUT2D eigenvalue weighted by molar-refractivity contribution is 5.77. The third-order valence-electron chi connectivity index (χ3n) is 3.33. The number of rotatable bonds is 5. The van der Waals surface area contributed by atoms with E-state index in [4.69, 9.17) is 10.00 Å². The lowest BCUT2D eigenvalue weighted by atomic mass is 10.1. The first-order valence-electron chi connectivity index (χ1n) is 6.35. The van der Waals surface area contributed by atoms with Gasteiger partial charge in [0.2, 0.25) is 0 Å². The Bertz CT molecular complexity index is 477. The van der Waals surface area contributed by atoms with Gasteiger partial charge < -0.3 is 9.64 Å². The van der Waals surface area contributed by atoms with Gasteiger partial charge in [-0.15, -0.1) is 0 Å². The molecule has 4 nitrogen and oxygen atoms in total. The number of nitrogens with zero attached hydrogens (tertiary/aromatic N) is 2. The van der Waals surface area contributed by atoms with Crippen molar-refractivity contribution in [1.29, 1.82) is 5.26 Å². The first-order chi connectivity index (χ1) is 8.97. The molecule has 0 aliphatic carbocycles. The molecule has 0 unspecified atom stereocenters. The summed E-state index contributed by atoms with van der Waals surface area (Å²) < 4.78 is 5.43. The van der Waals surface area contributed by atoms with E-state index >= 15 is 0 Å². The topological polar surface area (TPSA) is 53.3 Å². The second-order valence-electron chi connectivity index (χ2n) is 4.89. The van der Waals surface area contributed by atoms with Gasteiger partial charge in [-0.25, -0.2) is 0 Å². The van der Waals surface area contributed by atoms with E-state index in [9.17, 15) is 4.79 Å². The quantitative estimate of drug-likeness (QED) is 0.817. The maximum absolute atomic E-state index is 12.0. The largest absolute Gasteiger partial charge is 0.482 e. The molecule has 19 heavy (non-hydrogen) atoms. The lowest BCUT2D eigenvalue weighted by molar-refractivity contribution is -0.134. The second-order valence-corrected chi connectivity index (χ2v) is 4.89. The van der Waals surface area contributed by atoms with Crippen LogP contribution in [0.2, 0.25) is 0 Å². The van der Waals surface area contributed by atoms with Crippen LogP contribution < -0.4 is 4.74 Å². The maximum Gasteiger partial charge on any atom is 0.260 e. The third kappa shape index (κ3) is 3.99. The smallest absolute Gasteiger partial charge is 0.260 e. The van der Waals surface area contributed by atoms with Gasteiger partial charge in [0.15, 0.2) is 6.61 Å². The fourth-order valence-electron chi connectivity index (χ4n) is 1.60. The Morgan fingerprint density at radius 1 is 1.37 bits per heavy atom. The van der Waals surface area contributed by atoms with Gasteiger partial charge in [0.25, 0.3) is 5.91 Å². The highest BCUT2D eigenvalue weighted by Crippen LogP contribution is 2.17. The summed E-state index contributed by atoms with van der Waals surface area (Å²) in [5.74, 6) is 0.748. The van der Waals surface area contributed by atoms with Gasteiger partial charge in [0.05, 0.1) is 5.56 Å². The number of carbonyl (C=O) groups excluding carboxylic acids is 1. The molecule has 1 aromatic rings. The average molecular weight is 260 g/mol. The number of nitriles is 1. The Morgan fingerprint density at radius 2 is 2.00 bits per heavy atom. The predicted molar refractivity (Wildman–Crippen MR) is 73.7 cm³/mol. The third-order valence-corrected chi connectivity index (χ3v) is 3.33. The molecule has 0 spiro atoms. The van der Waals surface area contributed by atoms with Crippen molar-refractivity contribution in [3.05, 3.63) is 29.8 Å². The summed E-state index contributed by atoms with van der Waals surface area (Å²) in [6.45, 7) is 6.10. The van der Waals surface area contributed by atoms with Crippen LogP contribution in [0.5, 0.6) is 5.75 Å². The van der Waals surface area contributed by atoms with E-state index in [2.05, 4.69) is 13.8 Å². The Morgan fingerprint density at radius 3 is 2.58 bits per heavy atom. The number of hydrogen-bond donors (Lipinski definition) is 0. The zero-order valence-electron chi connectivity index (χ0n) is 11.9. The summed E-state index contributed by atoms with van der Waals surface area (Å²) in [6, 6.07) is 9.10. The summed E-state index contributed by atoms with van der Waals surface area (Å²) in [6.07, 6.45) is 0. The molecule has 1 atom stereocenters. The van der Waals surface area contributed by atoms with E-state index in [0.717, 1.165) is 0 Å². The molecular formula is C15H20N2O2. The molecular weight excluding hydrogens is 240 g/mol. The van der Waals surface area contributed by atoms with Crippen molar-refractivity contribution in [2.75, 3.05) is 13.7 Å². The molecule has 0 aliphatic rings. The minimum atomic E-state index is -0.0889. The standard InChI is InChI=1S/C15H20N2O2/c1-11(2)12(3)17(4)15(18)10-19-14-8-6-5-7-13(14)9-16/h5-8,11-12H,10H2,1-4H3/t12-/m0/s1. The van der Waals surface area contributed by atoms with Crippen LogP contribution in [0.15, 0.2) is 24.3 Å². The molecule has 0 aliphatic heterocycles. The van der Waals surface area contributed by atoms with Crippen molar-refractivity contribution >= 4 is 5.91 Å². The molecule has 0 heterocycles. The van der Waals surface area contributed by atoms with Crippen LogP contribution in [0.4, 0.5) is 0 Å². The van der Waals surface area contributed by atoms with Crippen LogP contribution >= 0.6 is 0 Å². The number of para-hydroxylation sites is 1. The number of amides is 1. The summed E-state index contributed by atoms with van der Waals surface area (Å²) in [5, 5.41) is 8.93. The second kappa shape index (κ2) is 6.79. The maximum atomic E-state index is 12.0. The summed E-state index contributed by atoms with van der Waals surface area (Å²) in [4.78, 5) is 13.7. The molecule has 1 amide bonds. The number of carbonyl (C=O) groups is 1. The monoisotopic (exact) mass is 260 g/mol. The lowest BCUT2D eigenvalue weighted by Crippen LogP contribution is -2.40. The zero-order chi connectivity index (χ0) is 14.4. The Labute approximate surface area is 114 Å². The molecule has 0 fully saturated rings. The minimum Gasteiger partial charge on any atom is -0.482 e. The Kier molecular flexibility index (Phi) is 5.37. The van der Waals surface area contributed by atoms with Crippen LogP contribution in [-0.2, 0) is 4.79 Å². The van der Waals surface area contributed by atoms with Gasteiger partial charge in [0, 0.05) is 13.1 Å². The van der Waals surface area contributed by atoms with Gasteiger partial charge in [-0.1, -0.05) is 26.0 Å². The Balaban J connectivity index is 2.62. The summed E-state index contributed by atoms with van der Waals surface area (Å²) in [5.41, 5.74) is 0.440. The molecule has 1 aromatic carbocycles. The van der Waals surface area contributed by atoms with Crippen LogP contribution in [0.3, 0.4) is 0 Å². The SMILES string of the molecule is CC(C)[C@H](C)N(C)C(=O)COc1ccccc1C#N. The van der Waals surface area contributed by atoms with Gasteiger partial charge in [-0.2, -0.15) is 5.26 Å². The summed E-state index contributed by atoms with van der Waals surface area (Å²) in [7, 11) is 1.77. The molecule has 0 bridgehead atoms. The molecule has 4 heteroatoms. The van der Waals surface area contributed by atoms with Gasteiger partial charge in [-0.05, 0) is 25.0 Å². The number of benzene rings is 1. The molecule has 0 saturated carbocycles. The van der Waals surface area contributed by atoms with E-state index < -0.39 is 0 Å². The number of hydrogen-bond acceptors (Lipinski definition) is 3. The first kappa shape index (κ1) is 15.0. The first-order valence-corrected chi connectivity index (χ1v) is 6.35. The van der Waals surface area contributed by atoms with Crippen LogP contribution in [-0.4, -0.2) is 30.5 Å². The predicted octanol–water partition coefficient (Wildman–Crippen LogP) is 2.44. The van der Waals surface area contributed by atoms with Crippen molar-refractivity contribution in [3.63, 3.8) is 0 Å². The van der Waals surface area contributed by atoms with Crippen molar-refractivity contribution < 1.29 is 9.53 Å². The highest BCUT2D eigenvalue weighted by Gasteiger charge is 2.19. The number of ether oxygens (including phenoxy) is 1. The summed E-state index contributed by atoms with van der Waals surface area (Å²) >= 11 is 0. The molecule has 0 saturated heterocycles. The van der Waals surface area contributed by atoms with Gasteiger partial charge in [-0.3, -0.25) is 4.79 Å².